The average molecular weight is 1340 g/mol. The fraction of sp³-hybridized carbons (Fsp3) is 0.944. The van der Waals surface area contributed by atoms with E-state index in [0.717, 1.165) is 109 Å². The second kappa shape index (κ2) is 65.4. The van der Waals surface area contributed by atoms with E-state index in [-0.39, 0.29) is 25.7 Å². The van der Waals surface area contributed by atoms with Crippen LogP contribution >= 0.6 is 15.6 Å². The largest absolute Gasteiger partial charge is 0.472 e. The molecule has 19 heteroatoms. The highest BCUT2D eigenvalue weighted by Gasteiger charge is 2.30. The van der Waals surface area contributed by atoms with Crippen LogP contribution in [0.2, 0.25) is 0 Å². The molecule has 0 rings (SSSR count). The molecule has 2 unspecified atom stereocenters. The first kappa shape index (κ1) is 89.1. The maximum absolute atomic E-state index is 13.0. The van der Waals surface area contributed by atoms with Gasteiger partial charge in [0.1, 0.15) is 19.3 Å². The first-order valence-electron chi connectivity index (χ1n) is 37.6. The first-order chi connectivity index (χ1) is 44.0. The lowest BCUT2D eigenvalue weighted by Crippen LogP contribution is -2.30. The van der Waals surface area contributed by atoms with Crippen LogP contribution in [0.1, 0.15) is 375 Å². The zero-order chi connectivity index (χ0) is 67.0. The summed E-state index contributed by atoms with van der Waals surface area (Å²) >= 11 is 0. The van der Waals surface area contributed by atoms with Gasteiger partial charge in [0.25, 0.3) is 0 Å². The van der Waals surface area contributed by atoms with Crippen LogP contribution in [0.3, 0.4) is 0 Å². The summed E-state index contributed by atoms with van der Waals surface area (Å²) in [6, 6.07) is 0. The van der Waals surface area contributed by atoms with Gasteiger partial charge in [0.2, 0.25) is 0 Å². The fourth-order valence-electron chi connectivity index (χ4n) is 11.0. The van der Waals surface area contributed by atoms with Crippen molar-refractivity contribution in [3.63, 3.8) is 0 Å². The molecule has 0 aromatic heterocycles. The van der Waals surface area contributed by atoms with Crippen molar-refractivity contribution in [1.29, 1.82) is 0 Å². The van der Waals surface area contributed by atoms with E-state index in [9.17, 15) is 43.2 Å². The van der Waals surface area contributed by atoms with Crippen LogP contribution in [0.4, 0.5) is 0 Å². The van der Waals surface area contributed by atoms with E-state index in [2.05, 4.69) is 34.6 Å². The molecule has 0 heterocycles. The number of esters is 4. The third kappa shape index (κ3) is 66.5. The zero-order valence-corrected chi connectivity index (χ0v) is 60.8. The van der Waals surface area contributed by atoms with E-state index in [0.29, 0.717) is 25.7 Å². The number of carbonyl (C=O) groups excluding carboxylic acids is 4. The number of phosphoric ester groups is 2. The second-order valence-electron chi connectivity index (χ2n) is 26.5. The van der Waals surface area contributed by atoms with Gasteiger partial charge in [0.15, 0.2) is 12.2 Å². The van der Waals surface area contributed by atoms with Crippen molar-refractivity contribution in [2.45, 2.75) is 393 Å². The summed E-state index contributed by atoms with van der Waals surface area (Å²) in [6.45, 7) is 7.25. The van der Waals surface area contributed by atoms with E-state index < -0.39 is 97.5 Å². The number of aliphatic hydroxyl groups excluding tert-OH is 1. The Hall–Kier alpha value is -1.94. The van der Waals surface area contributed by atoms with E-state index >= 15 is 0 Å². The zero-order valence-electron chi connectivity index (χ0n) is 59.0. The highest BCUT2D eigenvalue weighted by atomic mass is 31.2. The molecule has 0 amide bonds. The smallest absolute Gasteiger partial charge is 0.462 e. The third-order valence-corrected chi connectivity index (χ3v) is 18.7. The van der Waals surface area contributed by atoms with Gasteiger partial charge in [-0.05, 0) is 31.6 Å². The summed E-state index contributed by atoms with van der Waals surface area (Å²) in [4.78, 5) is 72.5. The van der Waals surface area contributed by atoms with Crippen LogP contribution in [-0.4, -0.2) is 96.7 Å². The van der Waals surface area contributed by atoms with Gasteiger partial charge in [-0.25, -0.2) is 9.13 Å². The Kier molecular flexibility index (Phi) is 64.0. The number of phosphoric acid groups is 2. The normalized spacial score (nSPS) is 14.0. The van der Waals surface area contributed by atoms with Crippen molar-refractivity contribution in [3.05, 3.63) is 0 Å². The van der Waals surface area contributed by atoms with Crippen molar-refractivity contribution in [2.24, 2.45) is 5.92 Å². The Bertz CT molecular complexity index is 1750. The summed E-state index contributed by atoms with van der Waals surface area (Å²) in [5, 5.41) is 10.6. The maximum Gasteiger partial charge on any atom is 0.472 e. The topological polar surface area (TPSA) is 237 Å². The van der Waals surface area contributed by atoms with E-state index in [4.69, 9.17) is 37.0 Å². The second-order valence-corrected chi connectivity index (χ2v) is 29.4. The highest BCUT2D eigenvalue weighted by molar-refractivity contribution is 7.47. The lowest BCUT2D eigenvalue weighted by Gasteiger charge is -2.21. The van der Waals surface area contributed by atoms with Crippen LogP contribution in [0, 0.1) is 5.92 Å². The van der Waals surface area contributed by atoms with Crippen LogP contribution in [0.5, 0.6) is 0 Å². The summed E-state index contributed by atoms with van der Waals surface area (Å²) < 4.78 is 68.3. The minimum atomic E-state index is -4.95. The molecule has 0 saturated heterocycles. The standard InChI is InChI=1S/C72H140O17P2/c1-6-9-12-15-18-20-22-24-25-29-32-36-41-46-51-56-70(75)83-62-68(89-72(77)58-53-48-43-38-34-30-26-28-31-35-40-44-49-54-65(4)5)64-87-91(80,81)85-60-66(73)59-84-90(78,79)86-63-67(61-82-69(74)55-50-45-39-17-14-11-8-3)88-71(76)57-52-47-42-37-33-27-23-21-19-16-13-10-7-2/h65-68,73H,6-64H2,1-5H3,(H,78,79)(H,80,81)/t66-,67+,68+/m0/s1. The Balaban J connectivity index is 5.20. The summed E-state index contributed by atoms with van der Waals surface area (Å²) in [5.41, 5.74) is 0. The first-order valence-corrected chi connectivity index (χ1v) is 40.6. The minimum Gasteiger partial charge on any atom is -0.462 e. The molecule has 0 fully saturated rings. The van der Waals surface area contributed by atoms with Gasteiger partial charge >= 0.3 is 39.5 Å². The molecule has 0 aromatic carbocycles. The maximum atomic E-state index is 13.0. The summed E-state index contributed by atoms with van der Waals surface area (Å²) in [5.74, 6) is -1.33. The van der Waals surface area contributed by atoms with Crippen molar-refractivity contribution in [2.75, 3.05) is 39.6 Å². The fourth-order valence-corrected chi connectivity index (χ4v) is 12.6. The lowest BCUT2D eigenvalue weighted by molar-refractivity contribution is -0.161. The van der Waals surface area contributed by atoms with Crippen molar-refractivity contribution in [3.8, 4) is 0 Å². The number of rotatable bonds is 72. The number of unbranched alkanes of at least 4 members (excludes halogenated alkanes) is 44. The molecule has 91 heavy (non-hydrogen) atoms. The van der Waals surface area contributed by atoms with Gasteiger partial charge in [0, 0.05) is 25.7 Å². The minimum absolute atomic E-state index is 0.107. The molecule has 3 N–H and O–H groups in total. The molecule has 0 aliphatic rings. The van der Waals surface area contributed by atoms with Gasteiger partial charge in [-0.1, -0.05) is 324 Å². The van der Waals surface area contributed by atoms with Gasteiger partial charge in [0.05, 0.1) is 26.4 Å². The predicted molar refractivity (Wildman–Crippen MR) is 368 cm³/mol. The van der Waals surface area contributed by atoms with E-state index in [1.54, 1.807) is 0 Å². The molecular formula is C72H140O17P2. The Morgan fingerprint density at radius 3 is 0.747 bits per heavy atom. The molecule has 0 aliphatic carbocycles. The molecular weight excluding hydrogens is 1200 g/mol. The molecule has 0 spiro atoms. The van der Waals surface area contributed by atoms with Crippen LogP contribution in [0.25, 0.3) is 0 Å². The monoisotopic (exact) mass is 1340 g/mol. The molecule has 5 atom stereocenters. The van der Waals surface area contributed by atoms with Gasteiger partial charge in [-0.3, -0.25) is 37.3 Å². The molecule has 0 aromatic rings. The average Bonchev–Trinajstić information content (AvgIpc) is 3.60. The number of ether oxygens (including phenoxy) is 4. The number of aliphatic hydroxyl groups is 1. The Morgan fingerprint density at radius 2 is 0.505 bits per heavy atom. The van der Waals surface area contributed by atoms with Crippen LogP contribution in [0.15, 0.2) is 0 Å². The molecule has 0 saturated carbocycles. The third-order valence-electron chi connectivity index (χ3n) is 16.8. The Labute approximate surface area is 556 Å². The molecule has 0 aliphatic heterocycles. The van der Waals surface area contributed by atoms with Gasteiger partial charge in [-0.2, -0.15) is 0 Å². The highest BCUT2D eigenvalue weighted by Crippen LogP contribution is 2.45. The molecule has 17 nitrogen and oxygen atoms in total. The van der Waals surface area contributed by atoms with E-state index in [1.165, 1.54) is 186 Å². The van der Waals surface area contributed by atoms with E-state index in [1.807, 2.05) is 0 Å². The van der Waals surface area contributed by atoms with Crippen molar-refractivity contribution < 1.29 is 80.2 Å². The number of hydrogen-bond donors (Lipinski definition) is 3. The Morgan fingerprint density at radius 1 is 0.297 bits per heavy atom. The number of hydrogen-bond acceptors (Lipinski definition) is 15. The predicted octanol–water partition coefficient (Wildman–Crippen LogP) is 20.9. The van der Waals surface area contributed by atoms with Gasteiger partial charge < -0.3 is 33.8 Å². The summed E-state index contributed by atoms with van der Waals surface area (Å²) in [6.07, 6.45) is 52.7. The molecule has 0 bridgehead atoms. The number of carbonyl (C=O) groups is 4. The molecule has 540 valence electrons. The van der Waals surface area contributed by atoms with Crippen molar-refractivity contribution >= 4 is 39.5 Å². The lowest BCUT2D eigenvalue weighted by atomic mass is 10.0. The van der Waals surface area contributed by atoms with Gasteiger partial charge in [-0.15, -0.1) is 0 Å². The quantitative estimate of drug-likeness (QED) is 0.0222. The molecule has 0 radical (unpaired) electrons. The van der Waals surface area contributed by atoms with Crippen LogP contribution < -0.4 is 0 Å². The van der Waals surface area contributed by atoms with Crippen LogP contribution in [-0.2, 0) is 65.4 Å². The van der Waals surface area contributed by atoms with Crippen molar-refractivity contribution in [1.82, 2.24) is 0 Å². The SMILES string of the molecule is CCCCCCCCCCCCCCCCCC(=O)OC[C@H](COP(=O)(O)OC[C@@H](O)COP(=O)(O)OC[C@@H](COC(=O)CCCCCCCCC)OC(=O)CCCCCCCCCCCCCCC)OC(=O)CCCCCCCCCCCCCCCC(C)C. The summed E-state index contributed by atoms with van der Waals surface area (Å²) in [7, 11) is -9.90.